The van der Waals surface area contributed by atoms with Gasteiger partial charge in [-0.15, -0.1) is 0 Å². The SMILES string of the molecule is CCC1CCC(CNC(=O)N2CCC(CO)CC2)CC1. The lowest BCUT2D eigenvalue weighted by Gasteiger charge is -2.32. The van der Waals surface area contributed by atoms with Crippen molar-refractivity contribution in [3.8, 4) is 0 Å². The Morgan fingerprint density at radius 3 is 2.20 bits per heavy atom. The highest BCUT2D eigenvalue weighted by Crippen LogP contribution is 2.30. The number of nitrogens with one attached hydrogen (secondary N) is 1. The first-order valence-corrected chi connectivity index (χ1v) is 8.36. The van der Waals surface area contributed by atoms with Crippen LogP contribution >= 0.6 is 0 Å². The van der Waals surface area contributed by atoms with Crippen LogP contribution in [0.4, 0.5) is 4.79 Å². The summed E-state index contributed by atoms with van der Waals surface area (Å²) < 4.78 is 0. The number of hydrogen-bond acceptors (Lipinski definition) is 2. The number of nitrogens with zero attached hydrogens (tertiary/aromatic N) is 1. The Balaban J connectivity index is 1.63. The monoisotopic (exact) mass is 282 g/mol. The van der Waals surface area contributed by atoms with E-state index in [2.05, 4.69) is 12.2 Å². The Morgan fingerprint density at radius 1 is 1.05 bits per heavy atom. The first kappa shape index (κ1) is 15.6. The number of piperidine rings is 1. The van der Waals surface area contributed by atoms with Gasteiger partial charge in [-0.25, -0.2) is 4.79 Å². The van der Waals surface area contributed by atoms with Gasteiger partial charge in [0.15, 0.2) is 0 Å². The van der Waals surface area contributed by atoms with Crippen LogP contribution in [0.3, 0.4) is 0 Å². The first-order valence-electron chi connectivity index (χ1n) is 8.36. The van der Waals surface area contributed by atoms with E-state index in [0.717, 1.165) is 38.4 Å². The van der Waals surface area contributed by atoms with Crippen molar-refractivity contribution in [3.63, 3.8) is 0 Å². The molecule has 0 spiro atoms. The van der Waals surface area contributed by atoms with E-state index in [0.29, 0.717) is 11.8 Å². The van der Waals surface area contributed by atoms with E-state index in [9.17, 15) is 4.79 Å². The second-order valence-corrected chi connectivity index (χ2v) is 6.59. The van der Waals surface area contributed by atoms with Crippen LogP contribution in [0.2, 0.25) is 0 Å². The Labute approximate surface area is 122 Å². The third-order valence-corrected chi connectivity index (χ3v) is 5.25. The minimum atomic E-state index is 0.0963. The summed E-state index contributed by atoms with van der Waals surface area (Å²) in [7, 11) is 0. The minimum Gasteiger partial charge on any atom is -0.396 e. The van der Waals surface area contributed by atoms with Crippen LogP contribution in [-0.2, 0) is 0 Å². The van der Waals surface area contributed by atoms with Gasteiger partial charge in [0.1, 0.15) is 0 Å². The van der Waals surface area contributed by atoms with Crippen molar-refractivity contribution < 1.29 is 9.90 Å². The van der Waals surface area contributed by atoms with Gasteiger partial charge >= 0.3 is 6.03 Å². The molecule has 1 saturated carbocycles. The molecule has 2 N–H and O–H groups in total. The van der Waals surface area contributed by atoms with Crippen LogP contribution in [0, 0.1) is 17.8 Å². The number of likely N-dealkylation sites (tertiary alicyclic amines) is 1. The number of urea groups is 1. The highest BCUT2D eigenvalue weighted by atomic mass is 16.3. The summed E-state index contributed by atoms with van der Waals surface area (Å²) in [6, 6.07) is 0.0963. The van der Waals surface area contributed by atoms with E-state index in [4.69, 9.17) is 5.11 Å². The predicted molar refractivity (Wildman–Crippen MR) is 80.5 cm³/mol. The lowest BCUT2D eigenvalue weighted by molar-refractivity contribution is 0.135. The third-order valence-electron chi connectivity index (χ3n) is 5.25. The molecule has 0 unspecified atom stereocenters. The fourth-order valence-electron chi connectivity index (χ4n) is 3.51. The molecule has 2 rings (SSSR count). The average Bonchev–Trinajstić information content (AvgIpc) is 2.53. The Hall–Kier alpha value is -0.770. The molecule has 2 aliphatic rings. The van der Waals surface area contributed by atoms with E-state index in [1.165, 1.54) is 32.1 Å². The van der Waals surface area contributed by atoms with Crippen molar-refractivity contribution in [2.45, 2.75) is 51.9 Å². The van der Waals surface area contributed by atoms with Crippen LogP contribution in [-0.4, -0.2) is 42.3 Å². The molecule has 0 atom stereocenters. The largest absolute Gasteiger partial charge is 0.396 e. The van der Waals surface area contributed by atoms with Crippen LogP contribution < -0.4 is 5.32 Å². The van der Waals surface area contributed by atoms with Crippen molar-refractivity contribution in [1.82, 2.24) is 10.2 Å². The van der Waals surface area contributed by atoms with Gasteiger partial charge in [-0.1, -0.05) is 26.2 Å². The normalized spacial score (nSPS) is 28.4. The fraction of sp³-hybridized carbons (Fsp3) is 0.938. The van der Waals surface area contributed by atoms with E-state index < -0.39 is 0 Å². The number of carbonyl (C=O) groups is 1. The van der Waals surface area contributed by atoms with Gasteiger partial charge in [0.05, 0.1) is 0 Å². The molecule has 20 heavy (non-hydrogen) atoms. The average molecular weight is 282 g/mol. The van der Waals surface area contributed by atoms with E-state index in [-0.39, 0.29) is 12.6 Å². The van der Waals surface area contributed by atoms with Crippen LogP contribution in [0.1, 0.15) is 51.9 Å². The molecule has 1 heterocycles. The van der Waals surface area contributed by atoms with Crippen molar-refractivity contribution in [1.29, 1.82) is 0 Å². The number of amides is 2. The number of rotatable bonds is 4. The molecule has 4 nitrogen and oxygen atoms in total. The Bertz CT molecular complexity index is 293. The summed E-state index contributed by atoms with van der Waals surface area (Å²) in [6.07, 6.45) is 8.38. The predicted octanol–water partition coefficient (Wildman–Crippen LogP) is 2.62. The molecule has 1 aliphatic heterocycles. The number of aliphatic hydroxyl groups is 1. The third kappa shape index (κ3) is 4.37. The summed E-state index contributed by atoms with van der Waals surface area (Å²) in [5.74, 6) is 1.99. The lowest BCUT2D eigenvalue weighted by Crippen LogP contribution is -2.46. The molecular weight excluding hydrogens is 252 g/mol. The van der Waals surface area contributed by atoms with E-state index in [1.54, 1.807) is 0 Å². The van der Waals surface area contributed by atoms with Gasteiger partial charge in [0.25, 0.3) is 0 Å². The molecule has 2 amide bonds. The smallest absolute Gasteiger partial charge is 0.317 e. The quantitative estimate of drug-likeness (QED) is 0.833. The standard InChI is InChI=1S/C16H30N2O2/c1-2-13-3-5-14(6-4-13)11-17-16(20)18-9-7-15(12-19)8-10-18/h13-15,19H,2-12H2,1H3,(H,17,20). The summed E-state index contributed by atoms with van der Waals surface area (Å²) in [6.45, 7) is 4.97. The van der Waals surface area contributed by atoms with Gasteiger partial charge in [0.2, 0.25) is 0 Å². The van der Waals surface area contributed by atoms with Gasteiger partial charge in [0, 0.05) is 26.2 Å². The van der Waals surface area contributed by atoms with Gasteiger partial charge < -0.3 is 15.3 Å². The van der Waals surface area contributed by atoms with Gasteiger partial charge in [-0.2, -0.15) is 0 Å². The molecule has 0 radical (unpaired) electrons. The van der Waals surface area contributed by atoms with E-state index in [1.807, 2.05) is 4.90 Å². The maximum Gasteiger partial charge on any atom is 0.317 e. The van der Waals surface area contributed by atoms with Crippen molar-refractivity contribution >= 4 is 6.03 Å². The molecule has 0 aromatic heterocycles. The highest BCUT2D eigenvalue weighted by molar-refractivity contribution is 5.74. The molecular formula is C16H30N2O2. The number of carbonyl (C=O) groups excluding carboxylic acids is 1. The van der Waals surface area contributed by atoms with Crippen molar-refractivity contribution in [3.05, 3.63) is 0 Å². The van der Waals surface area contributed by atoms with Crippen molar-refractivity contribution in [2.75, 3.05) is 26.2 Å². The van der Waals surface area contributed by atoms with Gasteiger partial charge in [-0.05, 0) is 43.4 Å². The Kier molecular flexibility index (Phi) is 6.14. The summed E-state index contributed by atoms with van der Waals surface area (Å²) in [4.78, 5) is 14.0. The molecule has 1 saturated heterocycles. The molecule has 2 fully saturated rings. The molecule has 1 aliphatic carbocycles. The summed E-state index contributed by atoms with van der Waals surface area (Å²) in [5.41, 5.74) is 0. The lowest BCUT2D eigenvalue weighted by atomic mass is 9.81. The van der Waals surface area contributed by atoms with Crippen LogP contribution in [0.5, 0.6) is 0 Å². The minimum absolute atomic E-state index is 0.0963. The number of hydrogen-bond donors (Lipinski definition) is 2. The van der Waals surface area contributed by atoms with E-state index >= 15 is 0 Å². The first-order chi connectivity index (χ1) is 9.72. The second kappa shape index (κ2) is 7.87. The van der Waals surface area contributed by atoms with Crippen LogP contribution in [0.25, 0.3) is 0 Å². The van der Waals surface area contributed by atoms with Crippen molar-refractivity contribution in [2.24, 2.45) is 17.8 Å². The zero-order chi connectivity index (χ0) is 14.4. The fourth-order valence-corrected chi connectivity index (χ4v) is 3.51. The maximum absolute atomic E-state index is 12.1. The zero-order valence-corrected chi connectivity index (χ0v) is 12.8. The Morgan fingerprint density at radius 2 is 1.65 bits per heavy atom. The number of aliphatic hydroxyl groups excluding tert-OH is 1. The van der Waals surface area contributed by atoms with Crippen LogP contribution in [0.15, 0.2) is 0 Å². The molecule has 0 aromatic rings. The van der Waals surface area contributed by atoms with Gasteiger partial charge in [-0.3, -0.25) is 0 Å². The highest BCUT2D eigenvalue weighted by Gasteiger charge is 2.24. The summed E-state index contributed by atoms with van der Waals surface area (Å²) >= 11 is 0. The summed E-state index contributed by atoms with van der Waals surface area (Å²) in [5, 5.41) is 12.2. The molecule has 116 valence electrons. The molecule has 4 heteroatoms. The zero-order valence-electron chi connectivity index (χ0n) is 12.8. The molecule has 0 aromatic carbocycles. The molecule has 0 bridgehead atoms. The second-order valence-electron chi connectivity index (χ2n) is 6.59. The topological polar surface area (TPSA) is 52.6 Å². The maximum atomic E-state index is 12.1.